The van der Waals surface area contributed by atoms with E-state index < -0.39 is 0 Å². The first-order valence-corrected chi connectivity index (χ1v) is 34.7. The summed E-state index contributed by atoms with van der Waals surface area (Å²) >= 11 is 2.94. The number of carbonyl (C=O) groups excluding carboxylic acids is 2. The van der Waals surface area contributed by atoms with E-state index in [0.29, 0.717) is 98.7 Å². The molecule has 6 fully saturated rings. The number of aliphatic hydroxyl groups is 1. The van der Waals surface area contributed by atoms with Crippen molar-refractivity contribution in [1.82, 2.24) is 0 Å². The summed E-state index contributed by atoms with van der Waals surface area (Å²) < 4.78 is 38.1. The van der Waals surface area contributed by atoms with Crippen molar-refractivity contribution < 1.29 is 49.3 Å². The van der Waals surface area contributed by atoms with E-state index in [1.807, 2.05) is 0 Å². The van der Waals surface area contributed by atoms with Crippen LogP contribution in [-0.4, -0.2) is 116 Å². The predicted octanol–water partition coefficient (Wildman–Crippen LogP) is 16.9. The van der Waals surface area contributed by atoms with Gasteiger partial charge in [0, 0.05) is 9.84 Å². The van der Waals surface area contributed by atoms with Gasteiger partial charge in [-0.3, -0.25) is 4.79 Å². The van der Waals surface area contributed by atoms with Crippen LogP contribution in [0.4, 0.5) is 0 Å². The number of hydrogen-bond acceptors (Lipinski definition) is 10. The Bertz CT molecular complexity index is 1950. The number of hydrogen-bond donors (Lipinski definition) is 1. The van der Waals surface area contributed by atoms with Crippen molar-refractivity contribution in [1.29, 1.82) is 0 Å². The Kier molecular flexibility index (Phi) is 32.0. The molecule has 8 aliphatic rings. The van der Waals surface area contributed by atoms with E-state index in [0.717, 1.165) is 90.3 Å². The van der Waals surface area contributed by atoms with Crippen LogP contribution in [0.15, 0.2) is 23.3 Å². The third-order valence-electron chi connectivity index (χ3n) is 23.2. The molecule has 481 valence electrons. The summed E-state index contributed by atoms with van der Waals surface area (Å²) in [4.78, 5) is 21.4. The summed E-state index contributed by atoms with van der Waals surface area (Å²) in [6.45, 7) is 33.5. The van der Waals surface area contributed by atoms with Crippen molar-refractivity contribution in [2.75, 3.05) is 78.0 Å². The molecule has 6 saturated carbocycles. The van der Waals surface area contributed by atoms with E-state index in [-0.39, 0.29) is 42.4 Å². The second kappa shape index (κ2) is 35.8. The molecule has 0 aromatic carbocycles. The van der Waals surface area contributed by atoms with Gasteiger partial charge >= 0.3 is 11.9 Å². The molecule has 0 heterocycles. The largest absolute Gasteiger partial charge is 0.465 e. The van der Waals surface area contributed by atoms with E-state index in [1.165, 1.54) is 122 Å². The van der Waals surface area contributed by atoms with Gasteiger partial charge in [0.05, 0.1) is 78.3 Å². The summed E-state index contributed by atoms with van der Waals surface area (Å²) in [7, 11) is 0. The first kappa shape index (κ1) is 74.2. The molecule has 0 saturated heterocycles. The third kappa shape index (κ3) is 19.4. The summed E-state index contributed by atoms with van der Waals surface area (Å²) in [6, 6.07) is 0. The molecule has 0 aromatic heterocycles. The molecule has 0 unspecified atom stereocenters. The van der Waals surface area contributed by atoms with E-state index >= 15 is 0 Å². The van der Waals surface area contributed by atoms with Gasteiger partial charge in [0.2, 0.25) is 0 Å². The SMILES string of the molecule is C.CC(C)CCC[C@@H](C)[C@H]1CC[C@H]2[C@@H]3CC=C4C[C@@H](OCCOCCO)CC[C@]4(C)[C@H]3CC[C@]12C.CCOC(=O)CBr.CCOC(=O)COCCOCCO[C@H]1CC[C@@]2(C)C(=CC[C@H]3[C@@H]4CC[C@H]([C@H](C)CCCC(C)C)[C@@]4(C)CC[C@@H]32)C1.[2HH].[B]. The zero-order valence-corrected chi connectivity index (χ0v) is 55.9. The lowest BCUT2D eigenvalue weighted by Gasteiger charge is -2.58. The highest BCUT2D eigenvalue weighted by molar-refractivity contribution is 9.09. The van der Waals surface area contributed by atoms with Gasteiger partial charge in [0.1, 0.15) is 11.9 Å². The second-order valence-corrected chi connectivity index (χ2v) is 29.4. The maximum atomic E-state index is 11.3. The summed E-state index contributed by atoms with van der Waals surface area (Å²) in [5.74, 6) is 10.2. The molecule has 0 aliphatic heterocycles. The van der Waals surface area contributed by atoms with Crippen LogP contribution in [0.1, 0.15) is 233 Å². The topological polar surface area (TPSA) is 119 Å². The van der Waals surface area contributed by atoms with Crippen LogP contribution < -0.4 is 0 Å². The third-order valence-corrected chi connectivity index (χ3v) is 23.7. The number of allylic oxidation sites excluding steroid dienone is 2. The zero-order valence-electron chi connectivity index (χ0n) is 54.4. The summed E-state index contributed by atoms with van der Waals surface area (Å²) in [5, 5.41) is 9.15. The number of aliphatic hydroxyl groups excluding tert-OH is 1. The van der Waals surface area contributed by atoms with Crippen LogP contribution in [0, 0.1) is 92.7 Å². The first-order chi connectivity index (χ1) is 38.8. The van der Waals surface area contributed by atoms with Crippen LogP contribution >= 0.6 is 15.9 Å². The van der Waals surface area contributed by atoms with Crippen molar-refractivity contribution in [3.8, 4) is 0 Å². The smallest absolute Gasteiger partial charge is 0.332 e. The number of esters is 2. The Labute approximate surface area is 520 Å². The van der Waals surface area contributed by atoms with Crippen LogP contribution in [0.5, 0.6) is 0 Å². The number of rotatable bonds is 28. The minimum Gasteiger partial charge on any atom is -0.465 e. The molecule has 8 aliphatic carbocycles. The molecule has 1 N–H and O–H groups in total. The highest BCUT2D eigenvalue weighted by Crippen LogP contribution is 2.69. The maximum Gasteiger partial charge on any atom is 0.332 e. The molecular formula is C71H127BBrO10. The Balaban J connectivity index is 0.000000386. The number of ether oxygens (including phenoxy) is 7. The van der Waals surface area contributed by atoms with Gasteiger partial charge in [0.25, 0.3) is 0 Å². The Morgan fingerprint density at radius 3 is 1.40 bits per heavy atom. The van der Waals surface area contributed by atoms with Crippen LogP contribution in [0.3, 0.4) is 0 Å². The summed E-state index contributed by atoms with van der Waals surface area (Å²) in [6.07, 6.45) is 35.9. The van der Waals surface area contributed by atoms with Crippen molar-refractivity contribution in [3.63, 3.8) is 0 Å². The Hall–Kier alpha value is -1.28. The van der Waals surface area contributed by atoms with Gasteiger partial charge in [-0.05, 0) is 209 Å². The van der Waals surface area contributed by atoms with Crippen molar-refractivity contribution in [3.05, 3.63) is 23.3 Å². The molecule has 0 amide bonds. The van der Waals surface area contributed by atoms with Gasteiger partial charge in [-0.25, -0.2) is 4.79 Å². The number of carbonyl (C=O) groups is 2. The lowest BCUT2D eigenvalue weighted by Crippen LogP contribution is -2.51. The van der Waals surface area contributed by atoms with Crippen LogP contribution in [-0.2, 0) is 42.7 Å². The fraction of sp³-hybridized carbons (Fsp3) is 0.915. The number of halogens is 1. The lowest BCUT2D eigenvalue weighted by atomic mass is 9.47. The van der Waals surface area contributed by atoms with E-state index in [9.17, 15) is 9.59 Å². The molecule has 83 heavy (non-hydrogen) atoms. The minimum atomic E-state index is -0.324. The van der Waals surface area contributed by atoms with Crippen molar-refractivity contribution in [2.24, 2.45) is 92.7 Å². The molecule has 10 nitrogen and oxygen atoms in total. The van der Waals surface area contributed by atoms with Crippen LogP contribution in [0.2, 0.25) is 0 Å². The highest BCUT2D eigenvalue weighted by Gasteiger charge is 2.61. The molecule has 8 rings (SSSR count). The lowest BCUT2D eigenvalue weighted by molar-refractivity contribution is -0.149. The molecule has 12 heteroatoms. The van der Waals surface area contributed by atoms with E-state index in [2.05, 4.69) is 102 Å². The zero-order chi connectivity index (χ0) is 58.8. The average Bonchev–Trinajstić information content (AvgIpc) is 1.85. The van der Waals surface area contributed by atoms with E-state index in [1.54, 1.807) is 25.0 Å². The minimum absolute atomic E-state index is 0. The maximum absolute atomic E-state index is 11.3. The fourth-order valence-electron chi connectivity index (χ4n) is 19.1. The van der Waals surface area contributed by atoms with Gasteiger partial charge in [-0.2, -0.15) is 0 Å². The molecule has 16 atom stereocenters. The normalized spacial score (nSPS) is 34.6. The van der Waals surface area contributed by atoms with E-state index in [4.69, 9.17) is 33.5 Å². The quantitative estimate of drug-likeness (QED) is 0.0267. The first-order valence-electron chi connectivity index (χ1n) is 33.6. The summed E-state index contributed by atoms with van der Waals surface area (Å²) in [5.41, 5.74) is 5.32. The highest BCUT2D eigenvalue weighted by atomic mass is 79.9. The molecule has 0 spiro atoms. The average molecular weight is 1230 g/mol. The monoisotopic (exact) mass is 1230 g/mol. The van der Waals surface area contributed by atoms with Crippen molar-refractivity contribution in [2.45, 2.75) is 244 Å². The molecular weight excluding hydrogens is 1100 g/mol. The molecule has 0 bridgehead atoms. The second-order valence-electron chi connectivity index (χ2n) is 28.8. The van der Waals surface area contributed by atoms with Gasteiger partial charge in [0.15, 0.2) is 0 Å². The molecule has 3 radical (unpaired) electrons. The van der Waals surface area contributed by atoms with Gasteiger partial charge in [-0.15, -0.1) is 0 Å². The van der Waals surface area contributed by atoms with Gasteiger partial charge in [-0.1, -0.05) is 154 Å². The van der Waals surface area contributed by atoms with Gasteiger partial charge < -0.3 is 38.3 Å². The van der Waals surface area contributed by atoms with Crippen molar-refractivity contribution >= 4 is 36.3 Å². The van der Waals surface area contributed by atoms with Crippen LogP contribution in [0.25, 0.3) is 0 Å². The fourth-order valence-corrected chi connectivity index (χ4v) is 19.2. The number of fused-ring (bicyclic) bond motifs is 10. The molecule has 0 aromatic rings. The predicted molar refractivity (Wildman–Crippen MR) is 347 cm³/mol. The Morgan fingerprint density at radius 1 is 0.566 bits per heavy atom. The standard InChI is InChI=1S/C35H60O5.C31H54O3.C4H7BrO2.CH4.B.H2/c1-7-39-33(36)24-38-20-19-37-21-22-40-28-15-17-34(5)27(23-28)11-12-29-31-14-13-30(26(4)10-8-9-25(2)3)35(31,6)18-16-32(29)34;1-22(2)7-6-8-23(3)27-11-12-28-26-10-9-24-21-25(34-20-19-33-18-17-32)13-15-30(24,4)29(26)14-16-31(27,28)5;1-2-7-4(6)3-5;;;/h11,25-26,28-32H,7-10,12-24H2,1-6H3;9,22-23,25-29,32H,6-8,10-21H2,1-5H3;2-3H2,1H3;1H4;;1H/t26-,28+,29+,30-,31+,32+,34+,35-;23-,25+,26+,27-,28+,29+,30+,31-;;;;/m11..../s1/i;;;;;1+1. The number of alkyl halides is 1. The Morgan fingerprint density at radius 2 is 0.988 bits per heavy atom.